The van der Waals surface area contributed by atoms with Crippen molar-refractivity contribution in [1.82, 2.24) is 0 Å². The number of amides is 1. The van der Waals surface area contributed by atoms with E-state index in [1.54, 1.807) is 43.5 Å². The van der Waals surface area contributed by atoms with Gasteiger partial charge in [0.2, 0.25) is 5.91 Å². The Morgan fingerprint density at radius 3 is 2.52 bits per heavy atom. The molecule has 2 aromatic carbocycles. The van der Waals surface area contributed by atoms with E-state index in [0.29, 0.717) is 35.4 Å². The lowest BCUT2D eigenvalue weighted by molar-refractivity contribution is -0.117. The lowest BCUT2D eigenvalue weighted by Gasteiger charge is -2.21. The average Bonchev–Trinajstić information content (AvgIpc) is 3.31. The van der Waals surface area contributed by atoms with Crippen molar-refractivity contribution in [2.75, 3.05) is 17.1 Å². The Hall–Kier alpha value is -2.54. The summed E-state index contributed by atoms with van der Waals surface area (Å²) < 4.78 is 33.0. The first-order valence-corrected chi connectivity index (χ1v) is 11.5. The maximum Gasteiger partial charge on any atom is 0.261 e. The van der Waals surface area contributed by atoms with Gasteiger partial charge in [0.1, 0.15) is 5.75 Å². The van der Waals surface area contributed by atoms with Crippen molar-refractivity contribution in [3.63, 3.8) is 0 Å². The Balaban J connectivity index is 1.41. The van der Waals surface area contributed by atoms with Crippen LogP contribution in [0.5, 0.6) is 5.75 Å². The maximum absolute atomic E-state index is 12.7. The second kappa shape index (κ2) is 8.06. The zero-order chi connectivity index (χ0) is 20.4. The fraction of sp³-hybridized carbons (Fsp3) is 0.409. The quantitative estimate of drug-likeness (QED) is 0.709. The van der Waals surface area contributed by atoms with E-state index in [9.17, 15) is 13.2 Å². The first-order valence-electron chi connectivity index (χ1n) is 10.00. The number of methoxy groups -OCH3 is 1. The van der Waals surface area contributed by atoms with Crippen LogP contribution in [0.1, 0.15) is 32.1 Å². The van der Waals surface area contributed by atoms with Crippen LogP contribution in [0.2, 0.25) is 0 Å². The third kappa shape index (κ3) is 4.56. The van der Waals surface area contributed by atoms with Crippen molar-refractivity contribution < 1.29 is 17.9 Å². The Morgan fingerprint density at radius 1 is 1.07 bits per heavy atom. The standard InChI is InChI=1S/C22H26N2O4S/c1-28-20-9-7-18(8-10-20)24-29(26,27)21-4-2-3-19(14-21)23-22(25)13-17-12-15-5-6-16(17)11-15/h2-4,7-10,14-17,24H,5-6,11-13H2,1H3,(H,23,25)/t15-,16-,17-/m1/s1. The fourth-order valence-electron chi connectivity index (χ4n) is 4.69. The molecule has 0 saturated heterocycles. The number of hydrogen-bond donors (Lipinski definition) is 2. The van der Waals surface area contributed by atoms with E-state index in [2.05, 4.69) is 10.0 Å². The smallest absolute Gasteiger partial charge is 0.261 e. The van der Waals surface area contributed by atoms with Crippen LogP contribution in [0.25, 0.3) is 0 Å². The van der Waals surface area contributed by atoms with E-state index in [1.165, 1.54) is 31.4 Å². The van der Waals surface area contributed by atoms with Gasteiger partial charge in [-0.25, -0.2) is 8.42 Å². The van der Waals surface area contributed by atoms with Crippen LogP contribution < -0.4 is 14.8 Å². The monoisotopic (exact) mass is 414 g/mol. The van der Waals surface area contributed by atoms with Gasteiger partial charge >= 0.3 is 0 Å². The van der Waals surface area contributed by atoms with E-state index in [4.69, 9.17) is 4.74 Å². The van der Waals surface area contributed by atoms with Crippen LogP contribution in [0.3, 0.4) is 0 Å². The highest BCUT2D eigenvalue weighted by molar-refractivity contribution is 7.92. The van der Waals surface area contributed by atoms with Crippen molar-refractivity contribution in [2.45, 2.75) is 37.0 Å². The molecule has 7 heteroatoms. The first kappa shape index (κ1) is 19.8. The molecular weight excluding hydrogens is 388 g/mol. The molecule has 29 heavy (non-hydrogen) atoms. The number of carbonyl (C=O) groups excluding carboxylic acids is 1. The molecule has 2 aliphatic rings. The number of fused-ring (bicyclic) bond motifs is 2. The second-order valence-corrected chi connectivity index (χ2v) is 9.73. The zero-order valence-electron chi connectivity index (χ0n) is 16.4. The Kier molecular flexibility index (Phi) is 5.50. The minimum atomic E-state index is -3.76. The van der Waals surface area contributed by atoms with E-state index in [0.717, 1.165) is 12.3 Å². The summed E-state index contributed by atoms with van der Waals surface area (Å²) in [6.45, 7) is 0. The highest BCUT2D eigenvalue weighted by Crippen LogP contribution is 2.49. The molecule has 1 amide bonds. The third-order valence-electron chi connectivity index (χ3n) is 6.10. The third-order valence-corrected chi connectivity index (χ3v) is 7.48. The summed E-state index contributed by atoms with van der Waals surface area (Å²) in [5.74, 6) is 2.56. The number of benzene rings is 2. The molecule has 0 heterocycles. The van der Waals surface area contributed by atoms with E-state index < -0.39 is 10.0 Å². The lowest BCUT2D eigenvalue weighted by Crippen LogP contribution is -2.20. The van der Waals surface area contributed by atoms with Gasteiger partial charge in [0.15, 0.2) is 0 Å². The van der Waals surface area contributed by atoms with Gasteiger partial charge in [0.05, 0.1) is 12.0 Å². The predicted molar refractivity (Wildman–Crippen MR) is 112 cm³/mol. The fourth-order valence-corrected chi connectivity index (χ4v) is 5.79. The molecule has 6 nitrogen and oxygen atoms in total. The number of carbonyl (C=O) groups is 1. The number of hydrogen-bond acceptors (Lipinski definition) is 4. The molecule has 0 aliphatic heterocycles. The van der Waals surface area contributed by atoms with E-state index in [1.807, 2.05) is 0 Å². The summed E-state index contributed by atoms with van der Waals surface area (Å²) >= 11 is 0. The molecule has 2 aromatic rings. The average molecular weight is 415 g/mol. The summed E-state index contributed by atoms with van der Waals surface area (Å²) in [5, 5.41) is 2.87. The van der Waals surface area contributed by atoms with Crippen LogP contribution in [0, 0.1) is 17.8 Å². The van der Waals surface area contributed by atoms with Crippen LogP contribution >= 0.6 is 0 Å². The molecule has 3 atom stereocenters. The van der Waals surface area contributed by atoms with Gasteiger partial charge in [-0.3, -0.25) is 9.52 Å². The van der Waals surface area contributed by atoms with E-state index in [-0.39, 0.29) is 10.8 Å². The highest BCUT2D eigenvalue weighted by atomic mass is 32.2. The van der Waals surface area contributed by atoms with Crippen molar-refractivity contribution in [2.24, 2.45) is 17.8 Å². The van der Waals surface area contributed by atoms with Gasteiger partial charge in [-0.05, 0) is 79.5 Å². The molecule has 2 saturated carbocycles. The normalized spacial score (nSPS) is 23.0. The molecule has 2 aliphatic carbocycles. The van der Waals surface area contributed by atoms with Gasteiger partial charge in [-0.1, -0.05) is 12.5 Å². The van der Waals surface area contributed by atoms with Gasteiger partial charge in [0.25, 0.3) is 10.0 Å². The molecule has 4 rings (SSSR count). The molecule has 154 valence electrons. The molecule has 2 N–H and O–H groups in total. The van der Waals surface area contributed by atoms with Crippen LogP contribution in [0.15, 0.2) is 53.4 Å². The molecule has 2 fully saturated rings. The molecule has 0 radical (unpaired) electrons. The predicted octanol–water partition coefficient (Wildman–Crippen LogP) is 4.26. The minimum Gasteiger partial charge on any atom is -0.497 e. The number of anilines is 2. The SMILES string of the molecule is COc1ccc(NS(=O)(=O)c2cccc(NC(=O)C[C@H]3C[C@@H]4CC[C@@H]3C4)c2)cc1. The highest BCUT2D eigenvalue weighted by Gasteiger charge is 2.40. The van der Waals surface area contributed by atoms with E-state index >= 15 is 0 Å². The molecule has 2 bridgehead atoms. The van der Waals surface area contributed by atoms with Gasteiger partial charge in [-0.15, -0.1) is 0 Å². The summed E-state index contributed by atoms with van der Waals surface area (Å²) in [6.07, 6.45) is 5.49. The van der Waals surface area contributed by atoms with Crippen molar-refractivity contribution in [3.05, 3.63) is 48.5 Å². The molecule has 0 unspecified atom stereocenters. The van der Waals surface area contributed by atoms with Gasteiger partial charge in [-0.2, -0.15) is 0 Å². The molecular formula is C22H26N2O4S. The van der Waals surface area contributed by atoms with Gasteiger partial charge < -0.3 is 10.1 Å². The Morgan fingerprint density at radius 2 is 1.86 bits per heavy atom. The summed E-state index contributed by atoms with van der Waals surface area (Å²) in [4.78, 5) is 12.6. The van der Waals surface area contributed by atoms with Crippen molar-refractivity contribution >= 4 is 27.3 Å². The van der Waals surface area contributed by atoms with Crippen LogP contribution in [-0.2, 0) is 14.8 Å². The number of rotatable bonds is 7. The number of ether oxygens (including phenoxy) is 1. The lowest BCUT2D eigenvalue weighted by atomic mass is 9.86. The number of nitrogens with one attached hydrogen (secondary N) is 2. The van der Waals surface area contributed by atoms with Crippen molar-refractivity contribution in [1.29, 1.82) is 0 Å². The Labute approximate surface area is 171 Å². The van der Waals surface area contributed by atoms with Crippen LogP contribution in [0.4, 0.5) is 11.4 Å². The van der Waals surface area contributed by atoms with Crippen LogP contribution in [-0.4, -0.2) is 21.4 Å². The number of sulfonamides is 1. The summed E-state index contributed by atoms with van der Waals surface area (Å²) in [6, 6.07) is 13.0. The van der Waals surface area contributed by atoms with Gasteiger partial charge in [0, 0.05) is 17.8 Å². The second-order valence-electron chi connectivity index (χ2n) is 8.05. The summed E-state index contributed by atoms with van der Waals surface area (Å²) in [5.41, 5.74) is 0.937. The molecule has 0 spiro atoms. The van der Waals surface area contributed by atoms with Crippen molar-refractivity contribution in [3.8, 4) is 5.75 Å². The maximum atomic E-state index is 12.7. The topological polar surface area (TPSA) is 84.5 Å². The largest absolute Gasteiger partial charge is 0.497 e. The minimum absolute atomic E-state index is 0.0415. The first-order chi connectivity index (χ1) is 13.9. The Bertz CT molecular complexity index is 988. The summed E-state index contributed by atoms with van der Waals surface area (Å²) in [7, 11) is -2.21. The molecule has 0 aromatic heterocycles. The zero-order valence-corrected chi connectivity index (χ0v) is 17.2.